The second-order valence-electron chi connectivity index (χ2n) is 8.66. The maximum absolute atomic E-state index is 13.5. The van der Waals surface area contributed by atoms with Crippen molar-refractivity contribution in [2.24, 2.45) is 5.92 Å². The maximum atomic E-state index is 13.5. The van der Waals surface area contributed by atoms with E-state index in [-0.39, 0.29) is 30.6 Å². The number of amides is 1. The van der Waals surface area contributed by atoms with Crippen LogP contribution in [0.1, 0.15) is 58.2 Å². The normalized spacial score (nSPS) is 22.4. The molecule has 30 heavy (non-hydrogen) atoms. The summed E-state index contributed by atoms with van der Waals surface area (Å²) in [5, 5.41) is 0. The van der Waals surface area contributed by atoms with Gasteiger partial charge in [-0.2, -0.15) is 0 Å². The molecule has 1 aromatic heterocycles. The SMILES string of the molecule is CCC1Cc2cc(N3CCCc4cc(C(=O)N5CCC(F)(F)C5)[nH]c43)ccc2C1=O. The van der Waals surface area contributed by atoms with Gasteiger partial charge in [0.2, 0.25) is 0 Å². The average Bonchev–Trinajstić information content (AvgIpc) is 3.41. The lowest BCUT2D eigenvalue weighted by Gasteiger charge is -2.29. The summed E-state index contributed by atoms with van der Waals surface area (Å²) in [4.78, 5) is 31.8. The van der Waals surface area contributed by atoms with Crippen LogP contribution >= 0.6 is 0 Å². The zero-order valence-corrected chi connectivity index (χ0v) is 17.0. The summed E-state index contributed by atoms with van der Waals surface area (Å²) in [5.41, 5.74) is 4.29. The van der Waals surface area contributed by atoms with Crippen molar-refractivity contribution in [1.82, 2.24) is 9.88 Å². The first kappa shape index (κ1) is 19.3. The van der Waals surface area contributed by atoms with Gasteiger partial charge in [0.1, 0.15) is 11.5 Å². The standard InChI is InChI=1S/C23H25F2N3O2/c1-2-14-10-16-11-17(5-6-18(16)20(14)29)28-8-3-4-15-12-19(26-21(15)28)22(30)27-9-7-23(24,25)13-27/h5-6,11-12,14,26H,2-4,7-10,13H2,1H3. The predicted octanol–water partition coefficient (Wildman–Crippen LogP) is 4.35. The van der Waals surface area contributed by atoms with Gasteiger partial charge in [0.15, 0.2) is 5.78 Å². The van der Waals surface area contributed by atoms with Crippen molar-refractivity contribution < 1.29 is 18.4 Å². The zero-order chi connectivity index (χ0) is 21.0. The number of rotatable bonds is 3. The number of fused-ring (bicyclic) bond motifs is 2. The van der Waals surface area contributed by atoms with Crippen LogP contribution in [0.2, 0.25) is 0 Å². The molecule has 0 bridgehead atoms. The summed E-state index contributed by atoms with van der Waals surface area (Å²) in [6, 6.07) is 7.77. The number of aryl methyl sites for hydroxylation is 1. The molecular weight excluding hydrogens is 388 g/mol. The molecule has 1 aliphatic carbocycles. The van der Waals surface area contributed by atoms with Crippen LogP contribution in [0.4, 0.5) is 20.3 Å². The van der Waals surface area contributed by atoms with Crippen LogP contribution in [-0.2, 0) is 12.8 Å². The van der Waals surface area contributed by atoms with E-state index in [2.05, 4.69) is 16.0 Å². The van der Waals surface area contributed by atoms with E-state index < -0.39 is 12.5 Å². The molecule has 1 amide bonds. The molecule has 7 heteroatoms. The van der Waals surface area contributed by atoms with Gasteiger partial charge in [0.25, 0.3) is 11.8 Å². The molecule has 0 radical (unpaired) electrons. The van der Waals surface area contributed by atoms with E-state index >= 15 is 0 Å². The number of benzene rings is 1. The first-order valence-corrected chi connectivity index (χ1v) is 10.7. The molecule has 3 heterocycles. The van der Waals surface area contributed by atoms with Gasteiger partial charge >= 0.3 is 0 Å². The summed E-state index contributed by atoms with van der Waals surface area (Å²) in [6.07, 6.45) is 3.12. The highest BCUT2D eigenvalue weighted by atomic mass is 19.3. The second kappa shape index (κ2) is 6.93. The number of aromatic amines is 1. The number of anilines is 2. The first-order chi connectivity index (χ1) is 14.4. The summed E-state index contributed by atoms with van der Waals surface area (Å²) in [7, 11) is 0. The Morgan fingerprint density at radius 1 is 1.23 bits per heavy atom. The number of aromatic nitrogens is 1. The molecule has 158 valence electrons. The number of halogens is 2. The Bertz CT molecular complexity index is 1030. The second-order valence-corrected chi connectivity index (χ2v) is 8.66. The van der Waals surface area contributed by atoms with E-state index in [0.29, 0.717) is 5.69 Å². The van der Waals surface area contributed by atoms with Crippen LogP contribution in [0.25, 0.3) is 0 Å². The van der Waals surface area contributed by atoms with Gasteiger partial charge in [-0.05, 0) is 61.1 Å². The number of carbonyl (C=O) groups is 2. The molecule has 1 unspecified atom stereocenters. The number of alkyl halides is 2. The minimum Gasteiger partial charge on any atom is -0.337 e. The molecule has 0 saturated carbocycles. The molecule has 1 N–H and O–H groups in total. The number of likely N-dealkylation sites (tertiary alicyclic amines) is 1. The number of H-pyrrole nitrogens is 1. The fraction of sp³-hybridized carbons (Fsp3) is 0.478. The Kier molecular flexibility index (Phi) is 4.45. The molecule has 0 spiro atoms. The van der Waals surface area contributed by atoms with Crippen LogP contribution in [0.15, 0.2) is 24.3 Å². The molecule has 2 aromatic rings. The molecule has 5 rings (SSSR count). The molecule has 1 atom stereocenters. The summed E-state index contributed by atoms with van der Waals surface area (Å²) in [6.45, 7) is 2.40. The van der Waals surface area contributed by atoms with E-state index in [1.807, 2.05) is 25.1 Å². The van der Waals surface area contributed by atoms with Crippen LogP contribution in [0.3, 0.4) is 0 Å². The van der Waals surface area contributed by atoms with E-state index in [4.69, 9.17) is 0 Å². The van der Waals surface area contributed by atoms with Gasteiger partial charge in [-0.15, -0.1) is 0 Å². The minimum atomic E-state index is -2.80. The average molecular weight is 413 g/mol. The molecule has 5 nitrogen and oxygen atoms in total. The quantitative estimate of drug-likeness (QED) is 0.814. The van der Waals surface area contributed by atoms with Gasteiger partial charge in [0, 0.05) is 36.7 Å². The molecule has 3 aliphatic rings. The van der Waals surface area contributed by atoms with Crippen molar-refractivity contribution in [3.8, 4) is 0 Å². The molecule has 2 aliphatic heterocycles. The Balaban J connectivity index is 1.43. The number of Topliss-reactive ketones (excluding diaryl/α,β-unsaturated/α-hetero) is 1. The third-order valence-electron chi connectivity index (χ3n) is 6.66. The Morgan fingerprint density at radius 3 is 2.80 bits per heavy atom. The Hall–Kier alpha value is -2.70. The summed E-state index contributed by atoms with van der Waals surface area (Å²) in [5.74, 6) is -2.01. The van der Waals surface area contributed by atoms with Crippen molar-refractivity contribution >= 4 is 23.2 Å². The van der Waals surface area contributed by atoms with Crippen molar-refractivity contribution in [3.05, 3.63) is 46.6 Å². The molecule has 1 aromatic carbocycles. The van der Waals surface area contributed by atoms with Crippen LogP contribution in [0, 0.1) is 5.92 Å². The third-order valence-corrected chi connectivity index (χ3v) is 6.66. The number of hydrogen-bond donors (Lipinski definition) is 1. The molecule has 1 fully saturated rings. The monoisotopic (exact) mass is 413 g/mol. The molecular formula is C23H25F2N3O2. The number of ketones is 1. The van der Waals surface area contributed by atoms with E-state index in [0.717, 1.165) is 60.4 Å². The predicted molar refractivity (Wildman–Crippen MR) is 110 cm³/mol. The van der Waals surface area contributed by atoms with Gasteiger partial charge in [-0.3, -0.25) is 9.59 Å². The van der Waals surface area contributed by atoms with Gasteiger partial charge in [0.05, 0.1) is 6.54 Å². The van der Waals surface area contributed by atoms with Gasteiger partial charge in [-0.25, -0.2) is 8.78 Å². The van der Waals surface area contributed by atoms with Crippen molar-refractivity contribution in [1.29, 1.82) is 0 Å². The number of nitrogens with one attached hydrogen (secondary N) is 1. The smallest absolute Gasteiger partial charge is 0.270 e. The topological polar surface area (TPSA) is 56.4 Å². The van der Waals surface area contributed by atoms with Crippen molar-refractivity contribution in [3.63, 3.8) is 0 Å². The van der Waals surface area contributed by atoms with Gasteiger partial charge in [-0.1, -0.05) is 6.92 Å². The molecule has 1 saturated heterocycles. The third kappa shape index (κ3) is 3.11. The maximum Gasteiger partial charge on any atom is 0.270 e. The summed E-state index contributed by atoms with van der Waals surface area (Å²) >= 11 is 0. The van der Waals surface area contributed by atoms with Gasteiger partial charge < -0.3 is 14.8 Å². The highest BCUT2D eigenvalue weighted by Crippen LogP contribution is 2.38. The van der Waals surface area contributed by atoms with E-state index in [9.17, 15) is 18.4 Å². The minimum absolute atomic E-state index is 0.0699. The number of nitrogens with zero attached hydrogens (tertiary/aromatic N) is 2. The first-order valence-electron chi connectivity index (χ1n) is 10.7. The number of hydrogen-bond acceptors (Lipinski definition) is 3. The Morgan fingerprint density at radius 2 is 2.07 bits per heavy atom. The van der Waals surface area contributed by atoms with Crippen LogP contribution in [-0.4, -0.2) is 47.1 Å². The zero-order valence-electron chi connectivity index (χ0n) is 17.0. The highest BCUT2D eigenvalue weighted by molar-refractivity contribution is 6.02. The van der Waals surface area contributed by atoms with Crippen molar-refractivity contribution in [2.75, 3.05) is 24.5 Å². The summed E-state index contributed by atoms with van der Waals surface area (Å²) < 4.78 is 27.1. The van der Waals surface area contributed by atoms with E-state index in [1.165, 1.54) is 4.90 Å². The fourth-order valence-corrected chi connectivity index (χ4v) is 4.98. The lowest BCUT2D eigenvalue weighted by Crippen LogP contribution is -2.31. The van der Waals surface area contributed by atoms with Crippen molar-refractivity contribution in [2.45, 2.75) is 45.0 Å². The number of carbonyl (C=O) groups excluding carboxylic acids is 2. The van der Waals surface area contributed by atoms with E-state index in [1.54, 1.807) is 0 Å². The van der Waals surface area contributed by atoms with Crippen LogP contribution in [0.5, 0.6) is 0 Å². The Labute approximate surface area is 174 Å². The fourth-order valence-electron chi connectivity index (χ4n) is 4.98. The highest BCUT2D eigenvalue weighted by Gasteiger charge is 2.41. The lowest BCUT2D eigenvalue weighted by molar-refractivity contribution is 0.0119. The lowest BCUT2D eigenvalue weighted by atomic mass is 10.0. The largest absolute Gasteiger partial charge is 0.337 e. The van der Waals surface area contributed by atoms with Crippen LogP contribution < -0.4 is 4.90 Å².